The lowest BCUT2D eigenvalue weighted by atomic mass is 10.1. The number of anilines is 1. The lowest BCUT2D eigenvalue weighted by Gasteiger charge is -2.16. The van der Waals surface area contributed by atoms with E-state index in [1.807, 2.05) is 6.92 Å². The maximum absolute atomic E-state index is 12.7. The van der Waals surface area contributed by atoms with E-state index < -0.39 is 29.2 Å². The van der Waals surface area contributed by atoms with Crippen molar-refractivity contribution in [2.75, 3.05) is 12.0 Å². The minimum atomic E-state index is -4.89. The minimum Gasteiger partial charge on any atom is -0.361 e. The van der Waals surface area contributed by atoms with Gasteiger partial charge in [-0.15, -0.1) is 0 Å². The van der Waals surface area contributed by atoms with E-state index in [-0.39, 0.29) is 11.2 Å². The van der Waals surface area contributed by atoms with E-state index in [1.165, 1.54) is 0 Å². The van der Waals surface area contributed by atoms with Crippen LogP contribution in [0.1, 0.15) is 30.9 Å². The van der Waals surface area contributed by atoms with Crippen LogP contribution < -0.4 is 16.2 Å². The van der Waals surface area contributed by atoms with Crippen molar-refractivity contribution in [3.05, 3.63) is 29.3 Å². The number of nitrogens with one attached hydrogen (secondary N) is 3. The predicted octanol–water partition coefficient (Wildman–Crippen LogP) is 4.32. The van der Waals surface area contributed by atoms with Crippen molar-refractivity contribution >= 4 is 23.0 Å². The maximum Gasteiger partial charge on any atom is 0.416 e. The van der Waals surface area contributed by atoms with Crippen LogP contribution in [0.4, 0.5) is 32.0 Å². The monoisotopic (exact) mass is 359 g/mol. The number of halogens is 6. The molecule has 1 aromatic rings. The number of rotatable bonds is 5. The van der Waals surface area contributed by atoms with Gasteiger partial charge in [-0.2, -0.15) is 26.3 Å². The van der Waals surface area contributed by atoms with Crippen LogP contribution in [0, 0.1) is 0 Å². The summed E-state index contributed by atoms with van der Waals surface area (Å²) in [5, 5.41) is 2.83. The van der Waals surface area contributed by atoms with Crippen LogP contribution in [0.15, 0.2) is 18.2 Å². The summed E-state index contributed by atoms with van der Waals surface area (Å²) in [6.45, 7) is 2.50. The van der Waals surface area contributed by atoms with Crippen molar-refractivity contribution in [1.82, 2.24) is 10.7 Å². The molecule has 0 amide bonds. The van der Waals surface area contributed by atoms with Gasteiger partial charge in [-0.05, 0) is 36.8 Å². The number of unbranched alkanes of at least 4 members (excludes halogenated alkanes) is 1. The Hall–Kier alpha value is -1.71. The third kappa shape index (κ3) is 6.51. The first-order valence-electron chi connectivity index (χ1n) is 6.63. The number of hydrogen-bond acceptors (Lipinski definition) is 2. The zero-order chi connectivity index (χ0) is 17.7. The second-order valence-corrected chi connectivity index (χ2v) is 5.06. The Kier molecular flexibility index (Phi) is 6.48. The maximum atomic E-state index is 12.7. The molecule has 1 rings (SSSR count). The van der Waals surface area contributed by atoms with Gasteiger partial charge in [-0.3, -0.25) is 10.9 Å². The van der Waals surface area contributed by atoms with E-state index >= 15 is 0 Å². The Morgan fingerprint density at radius 1 is 1.00 bits per heavy atom. The van der Waals surface area contributed by atoms with Gasteiger partial charge >= 0.3 is 12.4 Å². The first-order valence-corrected chi connectivity index (χ1v) is 7.04. The third-order valence-electron chi connectivity index (χ3n) is 2.72. The Morgan fingerprint density at radius 3 is 1.96 bits per heavy atom. The highest BCUT2D eigenvalue weighted by Crippen LogP contribution is 2.37. The van der Waals surface area contributed by atoms with E-state index in [2.05, 4.69) is 16.2 Å². The van der Waals surface area contributed by atoms with Gasteiger partial charge in [0.2, 0.25) is 0 Å². The topological polar surface area (TPSA) is 36.1 Å². The molecule has 10 heteroatoms. The molecule has 23 heavy (non-hydrogen) atoms. The predicted molar refractivity (Wildman–Crippen MR) is 78.7 cm³/mol. The zero-order valence-corrected chi connectivity index (χ0v) is 12.8. The highest BCUT2D eigenvalue weighted by atomic mass is 32.1. The van der Waals surface area contributed by atoms with Crippen LogP contribution in [-0.4, -0.2) is 11.7 Å². The van der Waals surface area contributed by atoms with Crippen LogP contribution >= 0.6 is 12.2 Å². The van der Waals surface area contributed by atoms with Crippen molar-refractivity contribution in [2.45, 2.75) is 32.1 Å². The van der Waals surface area contributed by atoms with E-state index in [0.29, 0.717) is 18.7 Å². The Balaban J connectivity index is 2.87. The van der Waals surface area contributed by atoms with E-state index in [0.717, 1.165) is 12.8 Å². The molecular weight excluding hydrogens is 344 g/mol. The van der Waals surface area contributed by atoms with Gasteiger partial charge in [0, 0.05) is 6.54 Å². The summed E-state index contributed by atoms with van der Waals surface area (Å²) >= 11 is 4.85. The number of benzene rings is 1. The van der Waals surface area contributed by atoms with E-state index in [1.54, 1.807) is 0 Å². The minimum absolute atomic E-state index is 0.0585. The second-order valence-electron chi connectivity index (χ2n) is 4.65. The highest BCUT2D eigenvalue weighted by molar-refractivity contribution is 7.80. The van der Waals surface area contributed by atoms with Crippen LogP contribution in [0.3, 0.4) is 0 Å². The molecule has 0 fully saturated rings. The van der Waals surface area contributed by atoms with E-state index in [4.69, 9.17) is 12.2 Å². The van der Waals surface area contributed by atoms with Crippen LogP contribution in [-0.2, 0) is 12.4 Å². The second kappa shape index (κ2) is 7.71. The molecule has 0 saturated carbocycles. The summed E-state index contributed by atoms with van der Waals surface area (Å²) in [4.78, 5) is 0. The first-order chi connectivity index (χ1) is 10.5. The van der Waals surface area contributed by atoms with Gasteiger partial charge in [0.1, 0.15) is 0 Å². The number of hydrazine groups is 1. The molecule has 0 aromatic heterocycles. The molecule has 3 nitrogen and oxygen atoms in total. The fourth-order valence-corrected chi connectivity index (χ4v) is 1.73. The molecule has 0 aliphatic rings. The summed E-state index contributed by atoms with van der Waals surface area (Å²) in [6, 6.07) is 1.19. The Labute approximate surface area is 134 Å². The van der Waals surface area contributed by atoms with Gasteiger partial charge in [-0.25, -0.2) is 0 Å². The van der Waals surface area contributed by atoms with Crippen molar-refractivity contribution in [3.63, 3.8) is 0 Å². The Morgan fingerprint density at radius 2 is 1.52 bits per heavy atom. The number of alkyl halides is 6. The summed E-state index contributed by atoms with van der Waals surface area (Å²) in [7, 11) is 0. The van der Waals surface area contributed by atoms with Crippen LogP contribution in [0.2, 0.25) is 0 Å². The van der Waals surface area contributed by atoms with Crippen molar-refractivity contribution in [1.29, 1.82) is 0 Å². The number of hydrogen-bond donors (Lipinski definition) is 3. The summed E-state index contributed by atoms with van der Waals surface area (Å²) in [5.74, 6) is 0. The largest absolute Gasteiger partial charge is 0.416 e. The van der Waals surface area contributed by atoms with Crippen molar-refractivity contribution in [3.8, 4) is 0 Å². The molecule has 0 atom stereocenters. The molecule has 0 saturated heterocycles. The highest BCUT2D eigenvalue weighted by Gasteiger charge is 2.36. The molecule has 0 heterocycles. The SMILES string of the molecule is CCCCNC(=S)NNc1cc(C(F)(F)F)cc(C(F)(F)F)c1. The molecule has 130 valence electrons. The first kappa shape index (κ1) is 19.3. The van der Waals surface area contributed by atoms with Crippen LogP contribution in [0.25, 0.3) is 0 Å². The van der Waals surface area contributed by atoms with Crippen molar-refractivity contribution in [2.24, 2.45) is 0 Å². The van der Waals surface area contributed by atoms with Gasteiger partial charge in [0.25, 0.3) is 0 Å². The zero-order valence-electron chi connectivity index (χ0n) is 12.0. The summed E-state index contributed by atoms with van der Waals surface area (Å²) < 4.78 is 76.1. The lowest BCUT2D eigenvalue weighted by molar-refractivity contribution is -0.143. The summed E-state index contributed by atoms with van der Waals surface area (Å²) in [6.07, 6.45) is -8.05. The molecule has 0 bridgehead atoms. The van der Waals surface area contributed by atoms with Crippen molar-refractivity contribution < 1.29 is 26.3 Å². The van der Waals surface area contributed by atoms with Gasteiger partial charge in [-0.1, -0.05) is 13.3 Å². The van der Waals surface area contributed by atoms with Gasteiger partial charge in [0.15, 0.2) is 5.11 Å². The molecule has 0 radical (unpaired) electrons. The van der Waals surface area contributed by atoms with Crippen LogP contribution in [0.5, 0.6) is 0 Å². The molecule has 3 N–H and O–H groups in total. The molecule has 0 aliphatic carbocycles. The average molecular weight is 359 g/mol. The molecule has 0 spiro atoms. The fraction of sp³-hybridized carbons (Fsp3) is 0.462. The molecule has 1 aromatic carbocycles. The molecular formula is C13H15F6N3S. The standard InChI is InChI=1S/C13H15F6N3S/c1-2-3-4-20-11(23)22-21-10-6-8(12(14,15)16)5-9(7-10)13(17,18)19/h5-7,21H,2-4H2,1H3,(H2,20,22,23). The average Bonchev–Trinajstić information content (AvgIpc) is 2.43. The lowest BCUT2D eigenvalue weighted by Crippen LogP contribution is -2.39. The molecule has 0 aliphatic heterocycles. The normalized spacial score (nSPS) is 12.0. The quantitative estimate of drug-likeness (QED) is 0.317. The van der Waals surface area contributed by atoms with Gasteiger partial charge < -0.3 is 5.32 Å². The molecule has 0 unspecified atom stereocenters. The third-order valence-corrected chi connectivity index (χ3v) is 2.97. The smallest absolute Gasteiger partial charge is 0.361 e. The van der Waals surface area contributed by atoms with Gasteiger partial charge in [0.05, 0.1) is 16.8 Å². The fourth-order valence-electron chi connectivity index (χ4n) is 1.58. The summed E-state index contributed by atoms with van der Waals surface area (Å²) in [5.41, 5.74) is 1.39. The Bertz CT molecular complexity index is 509. The van der Waals surface area contributed by atoms with E-state index in [9.17, 15) is 26.3 Å². The number of thiocarbonyl (C=S) groups is 1.